The first-order chi connectivity index (χ1) is 28.3. The summed E-state index contributed by atoms with van der Waals surface area (Å²) in [7, 11) is 1.45. The lowest BCUT2D eigenvalue weighted by atomic mass is 10.1. The molecule has 5 N–H and O–H groups in total. The number of hydrogen-bond acceptors (Lipinski definition) is 11. The smallest absolute Gasteiger partial charge is 0.276 e. The lowest BCUT2D eigenvalue weighted by Gasteiger charge is -2.26. The number of carbonyl (C=O) groups is 4. The third-order valence-corrected chi connectivity index (χ3v) is 9.97. The van der Waals surface area contributed by atoms with Gasteiger partial charge in [0.1, 0.15) is 45.3 Å². The van der Waals surface area contributed by atoms with Crippen LogP contribution in [0, 0.1) is 25.6 Å². The molecule has 4 aromatic heterocycles. The molecule has 7 rings (SSSR count). The summed E-state index contributed by atoms with van der Waals surface area (Å²) in [5.74, 6) is -2.54. The number of imidazole rings is 2. The largest absolute Gasteiger partial charge is 0.494 e. The minimum Gasteiger partial charge on any atom is -0.494 e. The number of aryl methyl sites for hydroxylation is 4. The standard InChI is InChI=1S/C40H44FN11O7/c1-6-51-27(12-21(3)47-51)29(53)17-32-44-26-14-24(37(42)54)15-30(57-5)35(26)49(32)10-8-9-11-50-36-31(59-20-23-18-58-19-23)16-25(38(43)55)33(41)34(36)45-40(50)46-39(56)28-13-22(4)48-52(28)7-2/h8-9,12-16,23H,6-7,10-11,17-20H2,1-5H3,(H2,42,54)(H2,43,55)(H,45,46,56)/b9-8+. The van der Waals surface area contributed by atoms with E-state index in [-0.39, 0.29) is 71.8 Å². The van der Waals surface area contributed by atoms with Crippen molar-refractivity contribution in [2.45, 2.75) is 60.3 Å². The molecule has 59 heavy (non-hydrogen) atoms. The number of anilines is 1. The topological polar surface area (TPSA) is 231 Å². The number of carbonyl (C=O) groups excluding carboxylic acids is 4. The number of rotatable bonds is 17. The molecule has 0 bridgehead atoms. The van der Waals surface area contributed by atoms with Crippen LogP contribution in [0.2, 0.25) is 0 Å². The maximum Gasteiger partial charge on any atom is 0.276 e. The van der Waals surface area contributed by atoms with Gasteiger partial charge in [-0.25, -0.2) is 14.4 Å². The summed E-state index contributed by atoms with van der Waals surface area (Å²) in [6.45, 7) is 9.58. The highest BCUT2D eigenvalue weighted by atomic mass is 19.1. The number of benzene rings is 2. The molecule has 6 aromatic rings. The molecule has 1 fully saturated rings. The number of primary amides is 2. The van der Waals surface area contributed by atoms with Crippen molar-refractivity contribution in [1.82, 2.24) is 38.7 Å². The number of nitrogens with one attached hydrogen (secondary N) is 1. The Balaban J connectivity index is 1.29. The Morgan fingerprint density at radius 1 is 0.881 bits per heavy atom. The second kappa shape index (κ2) is 16.5. The molecule has 0 unspecified atom stereocenters. The van der Waals surface area contributed by atoms with Crippen LogP contribution in [0.5, 0.6) is 11.5 Å². The number of aromatic nitrogens is 8. The average Bonchev–Trinajstić information content (AvgIpc) is 3.95. The predicted molar refractivity (Wildman–Crippen MR) is 213 cm³/mol. The number of methoxy groups -OCH3 is 1. The minimum absolute atomic E-state index is 0.0231. The van der Waals surface area contributed by atoms with Crippen LogP contribution >= 0.6 is 0 Å². The van der Waals surface area contributed by atoms with Gasteiger partial charge in [-0.2, -0.15) is 10.2 Å². The van der Waals surface area contributed by atoms with Crippen LogP contribution in [-0.2, 0) is 37.3 Å². The van der Waals surface area contributed by atoms with Crippen molar-refractivity contribution >= 4 is 51.5 Å². The number of nitrogens with zero attached hydrogens (tertiary/aromatic N) is 8. The van der Waals surface area contributed by atoms with Crippen molar-refractivity contribution in [3.63, 3.8) is 0 Å². The molecule has 0 saturated carbocycles. The van der Waals surface area contributed by atoms with Gasteiger partial charge in [-0.1, -0.05) is 12.2 Å². The highest BCUT2D eigenvalue weighted by Gasteiger charge is 2.28. The summed E-state index contributed by atoms with van der Waals surface area (Å²) in [4.78, 5) is 61.3. The SMILES string of the molecule is CCn1nc(C)cc1C(=O)Cc1nc2cc(C(N)=O)cc(OC)c2n1C/C=C/Cn1c(NC(=O)c2cc(C)nn2CC)nc2c(F)c(C(N)=O)cc(OCC3COC3)c21. The summed E-state index contributed by atoms with van der Waals surface area (Å²) < 4.78 is 39.7. The number of amides is 3. The van der Waals surface area contributed by atoms with Gasteiger partial charge in [0.15, 0.2) is 11.6 Å². The van der Waals surface area contributed by atoms with Crippen molar-refractivity contribution in [3.05, 3.63) is 88.0 Å². The molecular weight excluding hydrogens is 766 g/mol. The first-order valence-electron chi connectivity index (χ1n) is 19.0. The number of nitrogens with two attached hydrogens (primary N) is 2. The van der Waals surface area contributed by atoms with E-state index in [4.69, 9.17) is 30.7 Å². The molecular formula is C40H44FN11O7. The van der Waals surface area contributed by atoms with Crippen LogP contribution in [-0.4, -0.2) is 89.1 Å². The van der Waals surface area contributed by atoms with Gasteiger partial charge in [0.2, 0.25) is 11.9 Å². The number of hydrogen-bond donors (Lipinski definition) is 3. The third-order valence-electron chi connectivity index (χ3n) is 9.97. The van der Waals surface area contributed by atoms with Gasteiger partial charge in [-0.05, 0) is 58.0 Å². The Kier molecular flexibility index (Phi) is 11.3. The molecule has 19 heteroatoms. The van der Waals surface area contributed by atoms with E-state index < -0.39 is 29.1 Å². The Morgan fingerprint density at radius 2 is 1.54 bits per heavy atom. The molecule has 3 amide bonds. The summed E-state index contributed by atoms with van der Waals surface area (Å²) in [5.41, 5.74) is 13.8. The molecule has 5 heterocycles. The lowest BCUT2D eigenvalue weighted by molar-refractivity contribution is -0.0507. The third kappa shape index (κ3) is 7.88. The fourth-order valence-corrected chi connectivity index (χ4v) is 7.04. The first-order valence-corrected chi connectivity index (χ1v) is 19.0. The summed E-state index contributed by atoms with van der Waals surface area (Å²) >= 11 is 0. The van der Waals surface area contributed by atoms with Gasteiger partial charge in [-0.3, -0.25) is 33.9 Å². The van der Waals surface area contributed by atoms with Crippen molar-refractivity contribution in [1.29, 1.82) is 0 Å². The van der Waals surface area contributed by atoms with Gasteiger partial charge >= 0.3 is 0 Å². The normalized spacial score (nSPS) is 13.1. The molecule has 18 nitrogen and oxygen atoms in total. The van der Waals surface area contributed by atoms with Crippen molar-refractivity contribution < 1.29 is 37.8 Å². The van der Waals surface area contributed by atoms with Gasteiger partial charge in [0.05, 0.1) is 55.8 Å². The van der Waals surface area contributed by atoms with Gasteiger partial charge in [0, 0.05) is 37.7 Å². The second-order valence-corrected chi connectivity index (χ2v) is 14.1. The summed E-state index contributed by atoms with van der Waals surface area (Å²) in [6, 6.07) is 7.64. The molecule has 1 aliphatic heterocycles. The molecule has 0 aliphatic carbocycles. The number of ether oxygens (including phenoxy) is 3. The van der Waals surface area contributed by atoms with Crippen LogP contribution in [0.25, 0.3) is 22.1 Å². The minimum atomic E-state index is -1.02. The fraction of sp³-hybridized carbons (Fsp3) is 0.350. The molecule has 2 aromatic carbocycles. The zero-order valence-corrected chi connectivity index (χ0v) is 33.2. The quantitative estimate of drug-likeness (QED) is 0.0888. The van der Waals surface area contributed by atoms with Gasteiger partial charge in [0.25, 0.3) is 11.8 Å². The zero-order valence-electron chi connectivity index (χ0n) is 33.2. The van der Waals surface area contributed by atoms with Crippen molar-refractivity contribution in [2.75, 3.05) is 32.2 Å². The number of halogens is 1. The van der Waals surface area contributed by atoms with E-state index in [0.717, 1.165) is 0 Å². The number of Topliss-reactive ketones (excluding diaryl/α,β-unsaturated/α-hetero) is 1. The van der Waals surface area contributed by atoms with Crippen LogP contribution in [0.3, 0.4) is 0 Å². The lowest BCUT2D eigenvalue weighted by Crippen LogP contribution is -2.32. The van der Waals surface area contributed by atoms with E-state index in [9.17, 15) is 19.2 Å². The molecule has 0 radical (unpaired) electrons. The highest BCUT2D eigenvalue weighted by Crippen LogP contribution is 2.35. The fourth-order valence-electron chi connectivity index (χ4n) is 7.04. The van der Waals surface area contributed by atoms with Gasteiger partial charge < -0.3 is 34.8 Å². The molecule has 1 aliphatic rings. The molecule has 1 saturated heterocycles. The monoisotopic (exact) mass is 809 g/mol. The average molecular weight is 810 g/mol. The Labute approximate surface area is 336 Å². The van der Waals surface area contributed by atoms with E-state index >= 15 is 4.39 Å². The number of ketones is 1. The van der Waals surface area contributed by atoms with Crippen molar-refractivity contribution in [2.24, 2.45) is 17.4 Å². The van der Waals surface area contributed by atoms with E-state index in [1.54, 1.807) is 51.1 Å². The summed E-state index contributed by atoms with van der Waals surface area (Å²) in [6.07, 6.45) is 3.45. The van der Waals surface area contributed by atoms with Crippen LogP contribution in [0.15, 0.2) is 42.5 Å². The van der Waals surface area contributed by atoms with E-state index in [0.29, 0.717) is 66.0 Å². The van der Waals surface area contributed by atoms with Crippen LogP contribution < -0.4 is 26.3 Å². The first kappa shape index (κ1) is 40.3. The zero-order chi connectivity index (χ0) is 42.1. The number of fused-ring (bicyclic) bond motifs is 2. The Bertz CT molecular complexity index is 2670. The van der Waals surface area contributed by atoms with E-state index in [2.05, 4.69) is 20.5 Å². The highest BCUT2D eigenvalue weighted by molar-refractivity contribution is 6.04. The maximum absolute atomic E-state index is 16.1. The second-order valence-electron chi connectivity index (χ2n) is 14.1. The van der Waals surface area contributed by atoms with E-state index in [1.807, 2.05) is 20.8 Å². The van der Waals surface area contributed by atoms with Crippen LogP contribution in [0.1, 0.15) is 72.8 Å². The van der Waals surface area contributed by atoms with Gasteiger partial charge in [-0.15, -0.1) is 0 Å². The van der Waals surface area contributed by atoms with E-state index in [1.165, 1.54) is 23.9 Å². The Hall–Kier alpha value is -6.89. The molecule has 0 spiro atoms. The van der Waals surface area contributed by atoms with Crippen LogP contribution in [0.4, 0.5) is 10.3 Å². The predicted octanol–water partition coefficient (Wildman–Crippen LogP) is 3.74. The Morgan fingerprint density at radius 3 is 2.15 bits per heavy atom. The molecule has 308 valence electrons. The molecule has 0 atom stereocenters. The van der Waals surface area contributed by atoms with Crippen molar-refractivity contribution in [3.8, 4) is 11.5 Å². The summed E-state index contributed by atoms with van der Waals surface area (Å²) in [5, 5.41) is 11.6. The number of allylic oxidation sites excluding steroid dienone is 2. The maximum atomic E-state index is 16.1.